The molecule has 0 spiro atoms. The van der Waals surface area contributed by atoms with Crippen LogP contribution in [0.25, 0.3) is 10.9 Å². The van der Waals surface area contributed by atoms with Crippen molar-refractivity contribution in [3.63, 3.8) is 0 Å². The van der Waals surface area contributed by atoms with Crippen LogP contribution in [-0.2, 0) is 6.54 Å². The highest BCUT2D eigenvalue weighted by Crippen LogP contribution is 2.25. The summed E-state index contributed by atoms with van der Waals surface area (Å²) in [7, 11) is 0. The van der Waals surface area contributed by atoms with Gasteiger partial charge in [-0.1, -0.05) is 6.92 Å². The number of fused-ring (bicyclic) bond motifs is 1. The Morgan fingerprint density at radius 1 is 1.30 bits per heavy atom. The highest BCUT2D eigenvalue weighted by Gasteiger charge is 2.10. The van der Waals surface area contributed by atoms with Gasteiger partial charge in [0, 0.05) is 47.3 Å². The van der Waals surface area contributed by atoms with Crippen molar-refractivity contribution in [2.45, 2.75) is 19.9 Å². The number of amides is 1. The molecule has 0 bridgehead atoms. The molecule has 0 aliphatic carbocycles. The Morgan fingerprint density at radius 3 is 2.78 bits per heavy atom. The highest BCUT2D eigenvalue weighted by atomic mass is 16.1. The largest absolute Gasteiger partial charge is 0.346 e. The lowest BCUT2D eigenvalue weighted by Crippen LogP contribution is -2.11. The summed E-state index contributed by atoms with van der Waals surface area (Å²) in [5.74, 6) is -0.196. The molecule has 0 saturated carbocycles. The predicted octanol–water partition coefficient (Wildman–Crippen LogP) is 3.57. The maximum absolute atomic E-state index is 12.2. The fourth-order valence-electron chi connectivity index (χ4n) is 2.60. The molecule has 2 heterocycles. The molecule has 1 amide bonds. The Labute approximate surface area is 134 Å². The Hall–Kier alpha value is -3.13. The van der Waals surface area contributed by atoms with E-state index in [2.05, 4.69) is 27.9 Å². The van der Waals surface area contributed by atoms with Gasteiger partial charge in [-0.05, 0) is 36.8 Å². The first-order valence-electron chi connectivity index (χ1n) is 7.47. The van der Waals surface area contributed by atoms with Crippen molar-refractivity contribution in [1.82, 2.24) is 9.55 Å². The quantitative estimate of drug-likeness (QED) is 0.801. The fraction of sp³-hybridized carbons (Fsp3) is 0.167. The van der Waals surface area contributed by atoms with Gasteiger partial charge in [0.1, 0.15) is 6.07 Å². The van der Waals surface area contributed by atoms with Crippen LogP contribution in [0.4, 0.5) is 5.69 Å². The molecule has 0 aliphatic heterocycles. The molecule has 0 radical (unpaired) electrons. The molecule has 1 aromatic carbocycles. The number of nitrogens with zero attached hydrogens (tertiary/aromatic N) is 3. The molecule has 114 valence electrons. The number of aromatic nitrogens is 2. The summed E-state index contributed by atoms with van der Waals surface area (Å²) < 4.78 is 2.07. The minimum absolute atomic E-state index is 0.196. The summed E-state index contributed by atoms with van der Waals surface area (Å²) in [6, 6.07) is 11.2. The van der Waals surface area contributed by atoms with Crippen molar-refractivity contribution in [3.8, 4) is 6.07 Å². The summed E-state index contributed by atoms with van der Waals surface area (Å²) >= 11 is 0. The third kappa shape index (κ3) is 2.92. The number of benzene rings is 1. The minimum Gasteiger partial charge on any atom is -0.346 e. The Balaban J connectivity index is 1.94. The van der Waals surface area contributed by atoms with Crippen LogP contribution in [-0.4, -0.2) is 15.5 Å². The number of carbonyl (C=O) groups excluding carboxylic acids is 1. The zero-order valence-electron chi connectivity index (χ0n) is 12.8. The molecule has 0 unspecified atom stereocenters. The Bertz CT molecular complexity index is 891. The van der Waals surface area contributed by atoms with Crippen LogP contribution < -0.4 is 5.32 Å². The highest BCUT2D eigenvalue weighted by molar-refractivity contribution is 6.05. The fourth-order valence-corrected chi connectivity index (χ4v) is 2.60. The van der Waals surface area contributed by atoms with E-state index in [0.717, 1.165) is 23.9 Å². The molecule has 0 aliphatic rings. The standard InChI is InChI=1S/C18H16N4O/c1-2-9-22-12-14(11-19)16-10-15(3-4-17(16)22)21-18(23)13-5-7-20-8-6-13/h3-8,10,12H,2,9H2,1H3,(H,21,23). The van der Waals surface area contributed by atoms with Gasteiger partial charge in [-0.2, -0.15) is 5.26 Å². The molecule has 5 heteroatoms. The van der Waals surface area contributed by atoms with Gasteiger partial charge in [-0.25, -0.2) is 0 Å². The number of nitriles is 1. The third-order valence-electron chi connectivity index (χ3n) is 3.67. The van der Waals surface area contributed by atoms with Crippen LogP contribution in [0.5, 0.6) is 0 Å². The first kappa shape index (κ1) is 14.8. The second-order valence-electron chi connectivity index (χ2n) is 5.27. The molecule has 1 N–H and O–H groups in total. The van der Waals surface area contributed by atoms with E-state index < -0.39 is 0 Å². The van der Waals surface area contributed by atoms with Gasteiger partial charge in [-0.15, -0.1) is 0 Å². The molecule has 5 nitrogen and oxygen atoms in total. The molecular formula is C18H16N4O. The molecule has 3 aromatic rings. The third-order valence-corrected chi connectivity index (χ3v) is 3.67. The van der Waals surface area contributed by atoms with E-state index in [0.29, 0.717) is 16.8 Å². The van der Waals surface area contributed by atoms with E-state index in [1.807, 2.05) is 24.4 Å². The maximum Gasteiger partial charge on any atom is 0.255 e. The van der Waals surface area contributed by atoms with Gasteiger partial charge in [-0.3, -0.25) is 9.78 Å². The van der Waals surface area contributed by atoms with Crippen LogP contribution >= 0.6 is 0 Å². The molecule has 3 rings (SSSR count). The number of anilines is 1. The van der Waals surface area contributed by atoms with Gasteiger partial charge in [0.2, 0.25) is 0 Å². The van der Waals surface area contributed by atoms with E-state index in [1.54, 1.807) is 24.5 Å². The topological polar surface area (TPSA) is 70.7 Å². The molecule has 23 heavy (non-hydrogen) atoms. The first-order chi connectivity index (χ1) is 11.2. The maximum atomic E-state index is 12.2. The van der Waals surface area contributed by atoms with Gasteiger partial charge in [0.15, 0.2) is 0 Å². The van der Waals surface area contributed by atoms with Crippen molar-refractivity contribution in [3.05, 3.63) is 60.0 Å². The number of rotatable bonds is 4. The molecule has 0 atom stereocenters. The van der Waals surface area contributed by atoms with E-state index in [1.165, 1.54) is 0 Å². The van der Waals surface area contributed by atoms with Gasteiger partial charge < -0.3 is 9.88 Å². The Morgan fingerprint density at radius 2 is 2.09 bits per heavy atom. The summed E-state index contributed by atoms with van der Waals surface area (Å²) in [6.07, 6.45) is 6.02. The van der Waals surface area contributed by atoms with E-state index in [-0.39, 0.29) is 5.91 Å². The van der Waals surface area contributed by atoms with Crippen molar-refractivity contribution in [1.29, 1.82) is 5.26 Å². The lowest BCUT2D eigenvalue weighted by Gasteiger charge is -2.07. The average molecular weight is 304 g/mol. The smallest absolute Gasteiger partial charge is 0.255 e. The van der Waals surface area contributed by atoms with Crippen LogP contribution in [0.2, 0.25) is 0 Å². The van der Waals surface area contributed by atoms with Crippen molar-refractivity contribution < 1.29 is 4.79 Å². The van der Waals surface area contributed by atoms with Crippen molar-refractivity contribution in [2.75, 3.05) is 5.32 Å². The zero-order chi connectivity index (χ0) is 16.2. The predicted molar refractivity (Wildman–Crippen MR) is 89.1 cm³/mol. The average Bonchev–Trinajstić information content (AvgIpc) is 2.93. The van der Waals surface area contributed by atoms with Crippen LogP contribution in [0, 0.1) is 11.3 Å². The molecule has 0 saturated heterocycles. The second-order valence-corrected chi connectivity index (χ2v) is 5.27. The minimum atomic E-state index is -0.196. The van der Waals surface area contributed by atoms with E-state index >= 15 is 0 Å². The summed E-state index contributed by atoms with van der Waals surface area (Å²) in [5.41, 5.74) is 2.84. The summed E-state index contributed by atoms with van der Waals surface area (Å²) in [5, 5.41) is 13.0. The number of nitrogens with one attached hydrogen (secondary N) is 1. The summed E-state index contributed by atoms with van der Waals surface area (Å²) in [6.45, 7) is 2.96. The Kier molecular flexibility index (Phi) is 4.07. The monoisotopic (exact) mass is 304 g/mol. The molecule has 0 fully saturated rings. The van der Waals surface area contributed by atoms with Crippen LogP contribution in [0.1, 0.15) is 29.3 Å². The second kappa shape index (κ2) is 6.32. The number of hydrogen-bond donors (Lipinski definition) is 1. The number of pyridine rings is 1. The summed E-state index contributed by atoms with van der Waals surface area (Å²) in [4.78, 5) is 16.1. The lowest BCUT2D eigenvalue weighted by atomic mass is 10.1. The van der Waals surface area contributed by atoms with Crippen LogP contribution in [0.15, 0.2) is 48.9 Å². The normalized spacial score (nSPS) is 10.4. The number of carbonyl (C=O) groups is 1. The van der Waals surface area contributed by atoms with E-state index in [9.17, 15) is 10.1 Å². The molecular weight excluding hydrogens is 288 g/mol. The number of hydrogen-bond acceptors (Lipinski definition) is 3. The number of aryl methyl sites for hydroxylation is 1. The van der Waals surface area contributed by atoms with Gasteiger partial charge >= 0.3 is 0 Å². The lowest BCUT2D eigenvalue weighted by molar-refractivity contribution is 0.102. The van der Waals surface area contributed by atoms with Crippen LogP contribution in [0.3, 0.4) is 0 Å². The van der Waals surface area contributed by atoms with E-state index in [4.69, 9.17) is 0 Å². The van der Waals surface area contributed by atoms with Crippen molar-refractivity contribution >= 4 is 22.5 Å². The zero-order valence-corrected chi connectivity index (χ0v) is 12.8. The van der Waals surface area contributed by atoms with Gasteiger partial charge in [0.05, 0.1) is 5.56 Å². The SMILES string of the molecule is CCCn1cc(C#N)c2cc(NC(=O)c3ccncc3)ccc21. The first-order valence-corrected chi connectivity index (χ1v) is 7.47. The van der Waals surface area contributed by atoms with Crippen molar-refractivity contribution in [2.24, 2.45) is 0 Å². The molecule has 2 aromatic heterocycles. The van der Waals surface area contributed by atoms with Gasteiger partial charge in [0.25, 0.3) is 5.91 Å².